The van der Waals surface area contributed by atoms with Gasteiger partial charge in [0.15, 0.2) is 0 Å². The molecular formula is C14H30N2O2. The fourth-order valence-corrected chi connectivity index (χ4v) is 1.48. The van der Waals surface area contributed by atoms with Crippen LogP contribution in [0.15, 0.2) is 0 Å². The Bertz CT molecular complexity index is 228. The van der Waals surface area contributed by atoms with Crippen molar-refractivity contribution in [3.05, 3.63) is 0 Å². The minimum atomic E-state index is -0.0702. The fourth-order valence-electron chi connectivity index (χ4n) is 1.48. The monoisotopic (exact) mass is 258 g/mol. The highest BCUT2D eigenvalue weighted by molar-refractivity contribution is 5.69. The first-order valence-electron chi connectivity index (χ1n) is 6.94. The minimum Gasteiger partial charge on any atom is -0.466 e. The lowest BCUT2D eigenvalue weighted by molar-refractivity contribution is -0.143. The summed E-state index contributed by atoms with van der Waals surface area (Å²) >= 11 is 0. The van der Waals surface area contributed by atoms with Crippen LogP contribution in [0.25, 0.3) is 0 Å². The lowest BCUT2D eigenvalue weighted by Gasteiger charge is -2.32. The first-order valence-corrected chi connectivity index (χ1v) is 6.94. The Morgan fingerprint density at radius 2 is 1.89 bits per heavy atom. The van der Waals surface area contributed by atoms with E-state index >= 15 is 0 Å². The summed E-state index contributed by atoms with van der Waals surface area (Å²) in [7, 11) is 4.20. The molecule has 0 heterocycles. The van der Waals surface area contributed by atoms with E-state index in [1.54, 1.807) is 0 Å². The number of esters is 1. The smallest absolute Gasteiger partial charge is 0.305 e. The number of likely N-dealkylation sites (N-methyl/N-ethyl adjacent to an activating group) is 1. The van der Waals surface area contributed by atoms with Crippen LogP contribution in [0.1, 0.15) is 46.5 Å². The highest BCUT2D eigenvalue weighted by Crippen LogP contribution is 2.08. The summed E-state index contributed by atoms with van der Waals surface area (Å²) < 4.78 is 4.88. The van der Waals surface area contributed by atoms with Crippen LogP contribution >= 0.6 is 0 Å². The molecule has 18 heavy (non-hydrogen) atoms. The zero-order valence-electron chi connectivity index (χ0n) is 12.7. The molecule has 108 valence electrons. The number of ether oxygens (including phenoxy) is 1. The summed E-state index contributed by atoms with van der Waals surface area (Å²) in [5.74, 6) is -0.0702. The van der Waals surface area contributed by atoms with Crippen molar-refractivity contribution in [1.29, 1.82) is 0 Å². The average molecular weight is 258 g/mol. The second kappa shape index (κ2) is 9.34. The van der Waals surface area contributed by atoms with E-state index in [0.717, 1.165) is 32.4 Å². The summed E-state index contributed by atoms with van der Waals surface area (Å²) in [6.45, 7) is 8.77. The molecule has 0 saturated carbocycles. The van der Waals surface area contributed by atoms with Crippen LogP contribution in [-0.2, 0) is 9.53 Å². The van der Waals surface area contributed by atoms with Crippen molar-refractivity contribution >= 4 is 5.97 Å². The van der Waals surface area contributed by atoms with Crippen molar-refractivity contribution in [1.82, 2.24) is 10.2 Å². The van der Waals surface area contributed by atoms with Crippen LogP contribution in [0.4, 0.5) is 0 Å². The van der Waals surface area contributed by atoms with Crippen molar-refractivity contribution in [2.24, 2.45) is 0 Å². The number of rotatable bonds is 10. The Kier molecular flexibility index (Phi) is 9.02. The molecule has 0 atom stereocenters. The molecule has 0 aliphatic carbocycles. The predicted molar refractivity (Wildman–Crippen MR) is 75.7 cm³/mol. The molecule has 4 nitrogen and oxygen atoms in total. The molecule has 0 bridgehead atoms. The molecule has 0 radical (unpaired) electrons. The first-order chi connectivity index (χ1) is 8.40. The Balaban J connectivity index is 3.39. The van der Waals surface area contributed by atoms with Gasteiger partial charge in [-0.3, -0.25) is 4.79 Å². The molecular weight excluding hydrogens is 228 g/mol. The Morgan fingerprint density at radius 1 is 1.22 bits per heavy atom. The van der Waals surface area contributed by atoms with Gasteiger partial charge >= 0.3 is 5.97 Å². The number of hydrogen-bond acceptors (Lipinski definition) is 4. The van der Waals surface area contributed by atoms with Gasteiger partial charge in [0.2, 0.25) is 0 Å². The van der Waals surface area contributed by atoms with Crippen LogP contribution in [-0.4, -0.2) is 50.2 Å². The van der Waals surface area contributed by atoms with Crippen molar-refractivity contribution < 1.29 is 9.53 Å². The maximum atomic E-state index is 11.1. The summed E-state index contributed by atoms with van der Waals surface area (Å²) in [4.78, 5) is 13.3. The van der Waals surface area contributed by atoms with Gasteiger partial charge in [0, 0.05) is 18.5 Å². The molecule has 0 aliphatic rings. The normalized spacial score (nSPS) is 11.9. The highest BCUT2D eigenvalue weighted by Gasteiger charge is 2.18. The molecule has 0 aliphatic heterocycles. The fraction of sp³-hybridized carbons (Fsp3) is 0.929. The van der Waals surface area contributed by atoms with Gasteiger partial charge in [-0.1, -0.05) is 6.42 Å². The van der Waals surface area contributed by atoms with E-state index in [1.807, 2.05) is 6.92 Å². The third kappa shape index (κ3) is 8.48. The van der Waals surface area contributed by atoms with E-state index in [-0.39, 0.29) is 11.5 Å². The van der Waals surface area contributed by atoms with Gasteiger partial charge in [-0.05, 0) is 54.3 Å². The predicted octanol–water partition coefficient (Wildman–Crippen LogP) is 2.04. The molecule has 0 aromatic rings. The lowest BCUT2D eigenvalue weighted by Crippen LogP contribution is -2.46. The molecule has 1 N–H and O–H groups in total. The highest BCUT2D eigenvalue weighted by atomic mass is 16.5. The van der Waals surface area contributed by atoms with Gasteiger partial charge in [0.05, 0.1) is 6.61 Å². The van der Waals surface area contributed by atoms with E-state index in [9.17, 15) is 4.79 Å². The quantitative estimate of drug-likeness (QED) is 0.481. The summed E-state index contributed by atoms with van der Waals surface area (Å²) in [6, 6.07) is 0. The number of carbonyl (C=O) groups is 1. The Labute approximate surface area is 112 Å². The lowest BCUT2D eigenvalue weighted by atomic mass is 10.0. The second-order valence-corrected chi connectivity index (χ2v) is 5.50. The molecule has 0 rings (SSSR count). The van der Waals surface area contributed by atoms with Crippen LogP contribution in [0, 0.1) is 0 Å². The molecule has 0 aromatic carbocycles. The number of unbranched alkanes of at least 4 members (excludes halogenated alkanes) is 2. The number of nitrogens with zero attached hydrogens (tertiary/aromatic N) is 1. The van der Waals surface area contributed by atoms with Crippen molar-refractivity contribution in [2.45, 2.75) is 52.0 Å². The van der Waals surface area contributed by atoms with Crippen LogP contribution in [0.2, 0.25) is 0 Å². The SMILES string of the molecule is CCOC(=O)CCCCCNCC(C)(C)N(C)C. The molecule has 0 amide bonds. The van der Waals surface area contributed by atoms with Crippen LogP contribution < -0.4 is 5.32 Å². The zero-order valence-corrected chi connectivity index (χ0v) is 12.7. The molecule has 0 saturated heterocycles. The number of hydrogen-bond donors (Lipinski definition) is 1. The van der Waals surface area contributed by atoms with E-state index in [2.05, 4.69) is 38.2 Å². The van der Waals surface area contributed by atoms with Gasteiger partial charge < -0.3 is 15.0 Å². The molecule has 4 heteroatoms. The molecule has 0 aromatic heterocycles. The van der Waals surface area contributed by atoms with Crippen LogP contribution in [0.5, 0.6) is 0 Å². The average Bonchev–Trinajstić information content (AvgIpc) is 2.27. The molecule has 0 unspecified atom stereocenters. The minimum absolute atomic E-state index is 0.0702. The van der Waals surface area contributed by atoms with Crippen molar-refractivity contribution in [3.63, 3.8) is 0 Å². The van der Waals surface area contributed by atoms with Crippen molar-refractivity contribution in [2.75, 3.05) is 33.8 Å². The first kappa shape index (κ1) is 17.4. The molecule has 0 spiro atoms. The Hall–Kier alpha value is -0.610. The Morgan fingerprint density at radius 3 is 2.44 bits per heavy atom. The topological polar surface area (TPSA) is 41.6 Å². The zero-order chi connectivity index (χ0) is 14.0. The van der Waals surface area contributed by atoms with Crippen LogP contribution in [0.3, 0.4) is 0 Å². The van der Waals surface area contributed by atoms with Crippen molar-refractivity contribution in [3.8, 4) is 0 Å². The summed E-state index contributed by atoms with van der Waals surface area (Å²) in [6.07, 6.45) is 3.67. The maximum absolute atomic E-state index is 11.1. The van der Waals surface area contributed by atoms with E-state index in [0.29, 0.717) is 13.0 Å². The molecule has 0 fully saturated rings. The third-order valence-corrected chi connectivity index (χ3v) is 3.31. The number of nitrogens with one attached hydrogen (secondary N) is 1. The summed E-state index contributed by atoms with van der Waals surface area (Å²) in [5.41, 5.74) is 0.185. The van der Waals surface area contributed by atoms with E-state index < -0.39 is 0 Å². The maximum Gasteiger partial charge on any atom is 0.305 e. The van der Waals surface area contributed by atoms with Gasteiger partial charge in [-0.25, -0.2) is 0 Å². The van der Waals surface area contributed by atoms with Gasteiger partial charge in [-0.15, -0.1) is 0 Å². The second-order valence-electron chi connectivity index (χ2n) is 5.50. The van der Waals surface area contributed by atoms with E-state index in [4.69, 9.17) is 4.74 Å². The standard InChI is InChI=1S/C14H30N2O2/c1-6-18-13(17)10-8-7-9-11-15-12-14(2,3)16(4)5/h15H,6-12H2,1-5H3. The van der Waals surface area contributed by atoms with Gasteiger partial charge in [0.1, 0.15) is 0 Å². The number of carbonyl (C=O) groups excluding carboxylic acids is 1. The van der Waals surface area contributed by atoms with E-state index in [1.165, 1.54) is 0 Å². The van der Waals surface area contributed by atoms with Gasteiger partial charge in [-0.2, -0.15) is 0 Å². The van der Waals surface area contributed by atoms with Gasteiger partial charge in [0.25, 0.3) is 0 Å². The largest absolute Gasteiger partial charge is 0.466 e. The summed E-state index contributed by atoms with van der Waals surface area (Å²) in [5, 5.41) is 3.46. The third-order valence-electron chi connectivity index (χ3n) is 3.31.